The molecule has 1 aliphatic heterocycles. The monoisotopic (exact) mass is 379 g/mol. The molecule has 4 rings (SSSR count). The van der Waals surface area contributed by atoms with Gasteiger partial charge in [-0.3, -0.25) is 9.69 Å². The van der Waals surface area contributed by atoms with Gasteiger partial charge < -0.3 is 15.7 Å². The third kappa shape index (κ3) is 3.70. The third-order valence-electron chi connectivity index (χ3n) is 6.31. The van der Waals surface area contributed by atoms with Crippen molar-refractivity contribution in [1.82, 2.24) is 15.5 Å². The first kappa shape index (κ1) is 19.1. The van der Waals surface area contributed by atoms with E-state index in [9.17, 15) is 9.90 Å². The summed E-state index contributed by atoms with van der Waals surface area (Å²) in [5, 5.41) is 16.4. The van der Waals surface area contributed by atoms with Crippen LogP contribution in [0.15, 0.2) is 54.6 Å². The molecule has 1 amide bonds. The van der Waals surface area contributed by atoms with Gasteiger partial charge in [0.1, 0.15) is 5.54 Å². The predicted molar refractivity (Wildman–Crippen MR) is 110 cm³/mol. The molecule has 5 heteroatoms. The van der Waals surface area contributed by atoms with E-state index in [1.54, 1.807) is 0 Å². The number of β-amino-alcohol motifs (C(OH)–C–C–N with tert-alkyl or cyclic N) is 1. The molecular formula is C23H29N3O2. The lowest BCUT2D eigenvalue weighted by atomic mass is 9.91. The molecule has 1 fully saturated rings. The van der Waals surface area contributed by atoms with Crippen molar-refractivity contribution >= 4 is 5.91 Å². The fraction of sp³-hybridized carbons (Fsp3) is 0.435. The Morgan fingerprint density at radius 2 is 1.75 bits per heavy atom. The molecule has 2 atom stereocenters. The van der Waals surface area contributed by atoms with Crippen LogP contribution in [0, 0.1) is 0 Å². The molecule has 148 valence electrons. The first-order chi connectivity index (χ1) is 13.6. The number of rotatable bonds is 6. The molecule has 2 aliphatic rings. The molecule has 1 heterocycles. The summed E-state index contributed by atoms with van der Waals surface area (Å²) >= 11 is 0. The summed E-state index contributed by atoms with van der Waals surface area (Å²) in [5.74, 6) is 0.0204. The number of aliphatic hydroxyl groups excluding tert-OH is 1. The number of nitrogens with zero attached hydrogens (tertiary/aromatic N) is 1. The number of hydrogen-bond donors (Lipinski definition) is 3. The molecule has 28 heavy (non-hydrogen) atoms. The van der Waals surface area contributed by atoms with Crippen LogP contribution < -0.4 is 10.6 Å². The summed E-state index contributed by atoms with van der Waals surface area (Å²) in [6, 6.07) is 18.5. The molecular weight excluding hydrogens is 350 g/mol. The summed E-state index contributed by atoms with van der Waals surface area (Å²) in [6.07, 6.45) is 1.78. The third-order valence-corrected chi connectivity index (χ3v) is 6.31. The second kappa shape index (κ2) is 8.03. The van der Waals surface area contributed by atoms with Crippen molar-refractivity contribution in [2.75, 3.05) is 26.7 Å². The zero-order valence-corrected chi connectivity index (χ0v) is 16.4. The van der Waals surface area contributed by atoms with Gasteiger partial charge in [-0.15, -0.1) is 0 Å². The Labute approximate surface area is 166 Å². The molecule has 0 saturated carbocycles. The van der Waals surface area contributed by atoms with Gasteiger partial charge in [0.2, 0.25) is 5.91 Å². The Balaban J connectivity index is 1.54. The summed E-state index contributed by atoms with van der Waals surface area (Å²) in [5.41, 5.74) is 3.15. The highest BCUT2D eigenvalue weighted by atomic mass is 16.3. The molecule has 1 saturated heterocycles. The minimum atomic E-state index is -0.610. The fourth-order valence-corrected chi connectivity index (χ4v) is 4.47. The Kier molecular flexibility index (Phi) is 5.49. The number of aliphatic hydroxyl groups is 1. The predicted octanol–water partition coefficient (Wildman–Crippen LogP) is 1.15. The van der Waals surface area contributed by atoms with Crippen LogP contribution in [-0.2, 0) is 24.1 Å². The lowest BCUT2D eigenvalue weighted by molar-refractivity contribution is -0.133. The van der Waals surface area contributed by atoms with Crippen LogP contribution in [0.3, 0.4) is 0 Å². The second-order valence-corrected chi connectivity index (χ2v) is 8.12. The topological polar surface area (TPSA) is 64.6 Å². The number of carbonyl (C=O) groups is 1. The van der Waals surface area contributed by atoms with Gasteiger partial charge in [0.15, 0.2) is 0 Å². The van der Waals surface area contributed by atoms with Gasteiger partial charge in [0, 0.05) is 32.5 Å². The Hall–Kier alpha value is -2.21. The van der Waals surface area contributed by atoms with Gasteiger partial charge in [0.25, 0.3) is 0 Å². The van der Waals surface area contributed by atoms with E-state index in [0.717, 1.165) is 13.0 Å². The average Bonchev–Trinajstić information content (AvgIpc) is 3.31. The number of benzene rings is 2. The van der Waals surface area contributed by atoms with Crippen LogP contribution in [0.4, 0.5) is 0 Å². The average molecular weight is 380 g/mol. The van der Waals surface area contributed by atoms with Gasteiger partial charge in [-0.1, -0.05) is 54.6 Å². The van der Waals surface area contributed by atoms with E-state index in [-0.39, 0.29) is 11.9 Å². The number of fused-ring (bicyclic) bond motifs is 1. The van der Waals surface area contributed by atoms with Crippen LogP contribution in [0.25, 0.3) is 0 Å². The maximum absolute atomic E-state index is 13.5. The molecule has 0 aromatic heterocycles. The van der Waals surface area contributed by atoms with E-state index in [1.807, 2.05) is 18.2 Å². The van der Waals surface area contributed by atoms with Gasteiger partial charge in [-0.25, -0.2) is 0 Å². The minimum absolute atomic E-state index is 0.0204. The lowest BCUT2D eigenvalue weighted by Gasteiger charge is -2.38. The Bertz CT molecular complexity index is 799. The highest BCUT2D eigenvalue weighted by molar-refractivity contribution is 5.88. The van der Waals surface area contributed by atoms with E-state index in [1.165, 1.54) is 16.7 Å². The highest BCUT2D eigenvalue weighted by Crippen LogP contribution is 2.34. The summed E-state index contributed by atoms with van der Waals surface area (Å²) in [6.45, 7) is 1.95. The highest BCUT2D eigenvalue weighted by Gasteiger charge is 2.47. The van der Waals surface area contributed by atoms with Crippen LogP contribution in [-0.4, -0.2) is 60.3 Å². The summed E-state index contributed by atoms with van der Waals surface area (Å²) in [4.78, 5) is 15.7. The van der Waals surface area contributed by atoms with Gasteiger partial charge in [-0.05, 0) is 30.2 Å². The molecule has 1 aliphatic carbocycles. The van der Waals surface area contributed by atoms with E-state index in [2.05, 4.69) is 59.0 Å². The minimum Gasteiger partial charge on any atom is -0.390 e. The molecule has 2 aromatic rings. The van der Waals surface area contributed by atoms with Crippen LogP contribution in [0.1, 0.15) is 16.7 Å². The molecule has 0 spiro atoms. The maximum Gasteiger partial charge on any atom is 0.241 e. The van der Waals surface area contributed by atoms with Crippen LogP contribution in [0.2, 0.25) is 0 Å². The first-order valence-electron chi connectivity index (χ1n) is 10.1. The Morgan fingerprint density at radius 1 is 1.11 bits per heavy atom. The molecule has 0 unspecified atom stereocenters. The zero-order valence-electron chi connectivity index (χ0n) is 16.4. The van der Waals surface area contributed by atoms with Gasteiger partial charge in [-0.2, -0.15) is 0 Å². The van der Waals surface area contributed by atoms with Crippen LogP contribution >= 0.6 is 0 Å². The zero-order chi connectivity index (χ0) is 19.6. The lowest BCUT2D eigenvalue weighted by Crippen LogP contribution is -2.61. The van der Waals surface area contributed by atoms with Crippen molar-refractivity contribution < 1.29 is 9.90 Å². The Morgan fingerprint density at radius 3 is 2.36 bits per heavy atom. The van der Waals surface area contributed by atoms with Crippen molar-refractivity contribution in [2.45, 2.75) is 36.9 Å². The van der Waals surface area contributed by atoms with E-state index < -0.39 is 11.6 Å². The number of carbonyl (C=O) groups excluding carboxylic acids is 1. The van der Waals surface area contributed by atoms with E-state index >= 15 is 0 Å². The van der Waals surface area contributed by atoms with Crippen molar-refractivity contribution in [3.63, 3.8) is 0 Å². The molecule has 5 nitrogen and oxygen atoms in total. The van der Waals surface area contributed by atoms with Gasteiger partial charge in [0.05, 0.1) is 12.1 Å². The quantitative estimate of drug-likeness (QED) is 0.705. The first-order valence-corrected chi connectivity index (χ1v) is 10.1. The standard InChI is InChI=1S/C23H29N3O2/c1-26(12-11-17-7-3-2-4-8-17)23(13-18-9-5-6-10-19(18)14-23)22(28)25-20-15-24-16-21(20)27/h2-10,20-21,24,27H,11-16H2,1H3,(H,25,28)/t20-,21-/m1/s1. The van der Waals surface area contributed by atoms with Crippen molar-refractivity contribution in [3.8, 4) is 0 Å². The number of nitrogens with one attached hydrogen (secondary N) is 2. The van der Waals surface area contributed by atoms with Crippen molar-refractivity contribution in [3.05, 3.63) is 71.3 Å². The molecule has 0 bridgehead atoms. The normalized spacial score (nSPS) is 23.0. The molecule has 0 radical (unpaired) electrons. The number of likely N-dealkylation sites (N-methyl/N-ethyl adjacent to an activating group) is 1. The fourth-order valence-electron chi connectivity index (χ4n) is 4.47. The summed E-state index contributed by atoms with van der Waals surface area (Å²) < 4.78 is 0. The summed E-state index contributed by atoms with van der Waals surface area (Å²) in [7, 11) is 2.05. The maximum atomic E-state index is 13.5. The number of amides is 1. The second-order valence-electron chi connectivity index (χ2n) is 8.12. The SMILES string of the molecule is CN(CCc1ccccc1)C1(C(=O)N[C@@H]2CNC[C@H]2O)Cc2ccccc2C1. The number of hydrogen-bond acceptors (Lipinski definition) is 4. The largest absolute Gasteiger partial charge is 0.390 e. The van der Waals surface area contributed by atoms with Crippen molar-refractivity contribution in [2.24, 2.45) is 0 Å². The molecule has 2 aromatic carbocycles. The van der Waals surface area contributed by atoms with E-state index in [4.69, 9.17) is 0 Å². The van der Waals surface area contributed by atoms with Crippen molar-refractivity contribution in [1.29, 1.82) is 0 Å². The van der Waals surface area contributed by atoms with Crippen LogP contribution in [0.5, 0.6) is 0 Å². The molecule has 3 N–H and O–H groups in total. The smallest absolute Gasteiger partial charge is 0.241 e. The van der Waals surface area contributed by atoms with E-state index in [0.29, 0.717) is 25.9 Å². The van der Waals surface area contributed by atoms with Gasteiger partial charge >= 0.3 is 0 Å².